The van der Waals surface area contributed by atoms with Crippen LogP contribution in [0.3, 0.4) is 0 Å². The first-order valence-electron chi connectivity index (χ1n) is 17.1. The van der Waals surface area contributed by atoms with E-state index < -0.39 is 5.41 Å². The molecule has 250 valence electrons. The van der Waals surface area contributed by atoms with E-state index in [1.807, 2.05) is 4.90 Å². The maximum absolute atomic E-state index is 13.6. The maximum Gasteiger partial charge on any atom is 0.318 e. The maximum atomic E-state index is 13.6. The zero-order valence-corrected chi connectivity index (χ0v) is 28.0. The first-order chi connectivity index (χ1) is 23.3. The number of hydrogen-bond acceptors (Lipinski definition) is 8. The van der Waals surface area contributed by atoms with Gasteiger partial charge in [0.05, 0.1) is 17.7 Å². The van der Waals surface area contributed by atoms with E-state index in [2.05, 4.69) is 76.5 Å². The lowest BCUT2D eigenvalue weighted by Gasteiger charge is -2.41. The van der Waals surface area contributed by atoms with Crippen LogP contribution in [0.2, 0.25) is 0 Å². The summed E-state index contributed by atoms with van der Waals surface area (Å²) < 4.78 is 6.39. The van der Waals surface area contributed by atoms with E-state index in [1.165, 1.54) is 28.1 Å². The van der Waals surface area contributed by atoms with Gasteiger partial charge in [-0.3, -0.25) is 9.59 Å². The fourth-order valence-corrected chi connectivity index (χ4v) is 7.52. The number of carbonyl (C=O) groups is 2. The van der Waals surface area contributed by atoms with E-state index in [0.29, 0.717) is 26.2 Å². The van der Waals surface area contributed by atoms with Gasteiger partial charge in [-0.05, 0) is 56.3 Å². The summed E-state index contributed by atoms with van der Waals surface area (Å²) in [5.41, 5.74) is 3.89. The number of rotatable bonds is 8. The van der Waals surface area contributed by atoms with Crippen LogP contribution in [-0.2, 0) is 22.6 Å². The van der Waals surface area contributed by atoms with Crippen molar-refractivity contribution in [2.24, 2.45) is 5.41 Å². The van der Waals surface area contributed by atoms with Gasteiger partial charge in [-0.1, -0.05) is 36.9 Å². The van der Waals surface area contributed by atoms with Crippen LogP contribution in [0.5, 0.6) is 6.01 Å². The molecule has 0 spiro atoms. The Balaban J connectivity index is 1.19. The third kappa shape index (κ3) is 6.05. The number of hydrogen-bond donors (Lipinski definition) is 0. The van der Waals surface area contributed by atoms with Crippen molar-refractivity contribution in [3.63, 3.8) is 0 Å². The van der Waals surface area contributed by atoms with Crippen LogP contribution in [0.1, 0.15) is 29.7 Å². The highest BCUT2D eigenvalue weighted by atomic mass is 16.5. The fraction of sp³-hybridized carbons (Fsp3) is 0.486. The van der Waals surface area contributed by atoms with Gasteiger partial charge in [0.25, 0.3) is 0 Å². The minimum atomic E-state index is -0.515. The Labute approximate surface area is 282 Å². The minimum Gasteiger partial charge on any atom is -0.462 e. The normalized spacial score (nSPS) is 20.6. The van der Waals surface area contributed by atoms with E-state index in [4.69, 9.17) is 21.3 Å². The van der Waals surface area contributed by atoms with E-state index >= 15 is 0 Å². The number of aromatic nitrogens is 2. The second kappa shape index (κ2) is 13.1. The molecule has 1 aromatic heterocycles. The predicted octanol–water partition coefficient (Wildman–Crippen LogP) is 3.56. The number of benzene rings is 2. The lowest BCUT2D eigenvalue weighted by molar-refractivity contribution is -0.139. The van der Waals surface area contributed by atoms with Crippen molar-refractivity contribution in [1.29, 1.82) is 0 Å². The molecule has 3 aliphatic heterocycles. The van der Waals surface area contributed by atoms with Crippen molar-refractivity contribution < 1.29 is 14.3 Å². The van der Waals surface area contributed by atoms with Gasteiger partial charge < -0.3 is 34.1 Å². The molecule has 0 radical (unpaired) electrons. The molecule has 48 heavy (non-hydrogen) atoms. The number of fused-ring (bicyclic) bond motifs is 2. The van der Waals surface area contributed by atoms with Crippen LogP contribution < -0.4 is 14.5 Å². The van der Waals surface area contributed by atoms with Crippen molar-refractivity contribution in [2.45, 2.75) is 38.8 Å². The molecule has 11 nitrogen and oxygen atoms in total. The highest BCUT2D eigenvalue weighted by molar-refractivity contribution is 5.97. The van der Waals surface area contributed by atoms with Gasteiger partial charge in [0.15, 0.2) is 0 Å². The highest BCUT2D eigenvalue weighted by Gasteiger charge is 2.53. The van der Waals surface area contributed by atoms with Gasteiger partial charge in [0, 0.05) is 69.0 Å². The van der Waals surface area contributed by atoms with Crippen LogP contribution in [0.25, 0.3) is 15.6 Å². The summed E-state index contributed by atoms with van der Waals surface area (Å²) >= 11 is 0. The lowest BCUT2D eigenvalue weighted by Crippen LogP contribution is -2.56. The molecule has 1 unspecified atom stereocenters. The number of anilines is 2. The predicted molar refractivity (Wildman–Crippen MR) is 186 cm³/mol. The highest BCUT2D eigenvalue weighted by Crippen LogP contribution is 2.48. The third-order valence-corrected chi connectivity index (χ3v) is 10.6. The summed E-state index contributed by atoms with van der Waals surface area (Å²) in [4.78, 5) is 50.5. The third-order valence-electron chi connectivity index (χ3n) is 10.6. The van der Waals surface area contributed by atoms with Crippen molar-refractivity contribution in [3.05, 3.63) is 77.3 Å². The second-order valence-electron chi connectivity index (χ2n) is 13.7. The molecule has 3 aromatic rings. The Morgan fingerprint density at radius 2 is 1.81 bits per heavy atom. The second-order valence-corrected chi connectivity index (χ2v) is 13.7. The zero-order valence-electron chi connectivity index (χ0n) is 28.0. The van der Waals surface area contributed by atoms with Gasteiger partial charge in [-0.25, -0.2) is 6.57 Å². The van der Waals surface area contributed by atoms with E-state index in [1.54, 1.807) is 4.90 Å². The smallest absolute Gasteiger partial charge is 0.318 e. The van der Waals surface area contributed by atoms with Crippen LogP contribution in [-0.4, -0.2) is 115 Å². The molecule has 2 aromatic carbocycles. The Hall–Kier alpha value is -4.69. The molecular weight excluding hydrogens is 604 g/mol. The van der Waals surface area contributed by atoms with E-state index in [-0.39, 0.29) is 37.0 Å². The number of ether oxygens (including phenoxy) is 1. The topological polar surface area (TPSA) is 89.7 Å². The summed E-state index contributed by atoms with van der Waals surface area (Å²) in [6.45, 7) is 20.0. The van der Waals surface area contributed by atoms with Crippen molar-refractivity contribution in [1.82, 2.24) is 24.7 Å². The molecule has 1 saturated carbocycles. The standard InChI is InChI=1S/C37H44N8O3/c1-5-32(46)45-21-20-44(23-28(45)22-38-3)34-29-12-15-43(31-11-7-10-27-9-6-8-26(2)33(27)31)24-30(29)39-36(40-34)48-25-37(13-14-37)35(47)42-18-16-41(4)17-19-42/h5-11,28H,1,12-25H2,2,4H3. The Morgan fingerprint density at radius 1 is 1.04 bits per heavy atom. The molecule has 0 N–H and O–H groups in total. The molecule has 1 aliphatic carbocycles. The molecule has 1 atom stereocenters. The van der Waals surface area contributed by atoms with Crippen molar-refractivity contribution in [2.75, 3.05) is 82.4 Å². The van der Waals surface area contributed by atoms with Crippen LogP contribution in [0.15, 0.2) is 49.1 Å². The summed E-state index contributed by atoms with van der Waals surface area (Å²) in [6, 6.07) is 12.9. The van der Waals surface area contributed by atoms with Gasteiger partial charge in [0.1, 0.15) is 18.5 Å². The Kier molecular flexibility index (Phi) is 8.69. The SMILES string of the molecule is [C-]#[N+]CC1CN(c2nc(OCC3(C(=O)N4CCN(C)CC4)CC3)nc3c2CCN(c2cccc4cccc(C)c24)C3)CCN1C(=O)C=C. The van der Waals surface area contributed by atoms with E-state index in [9.17, 15) is 9.59 Å². The number of amides is 2. The van der Waals surface area contributed by atoms with Crippen molar-refractivity contribution in [3.8, 4) is 6.01 Å². The van der Waals surface area contributed by atoms with Gasteiger partial charge in [0.2, 0.25) is 18.4 Å². The quantitative estimate of drug-likeness (QED) is 0.271. The fourth-order valence-electron chi connectivity index (χ4n) is 7.52. The lowest BCUT2D eigenvalue weighted by atomic mass is 9.99. The monoisotopic (exact) mass is 648 g/mol. The summed E-state index contributed by atoms with van der Waals surface area (Å²) in [5.74, 6) is 0.828. The molecular formula is C37H44N8O3. The Bertz CT molecular complexity index is 1770. The number of likely N-dealkylation sites (N-methyl/N-ethyl adjacent to an activating group) is 1. The van der Waals surface area contributed by atoms with Crippen molar-refractivity contribution >= 4 is 34.1 Å². The number of aryl methyl sites for hydroxylation is 1. The summed E-state index contributed by atoms with van der Waals surface area (Å²) in [5, 5.41) is 2.46. The van der Waals surface area contributed by atoms with Crippen LogP contribution in [0.4, 0.5) is 11.5 Å². The molecule has 11 heteroatoms. The van der Waals surface area contributed by atoms with Gasteiger partial charge in [-0.15, -0.1) is 0 Å². The average molecular weight is 649 g/mol. The van der Waals surface area contributed by atoms with Crippen LogP contribution >= 0.6 is 0 Å². The van der Waals surface area contributed by atoms with E-state index in [0.717, 1.165) is 69.1 Å². The van der Waals surface area contributed by atoms with Gasteiger partial charge in [-0.2, -0.15) is 9.97 Å². The summed E-state index contributed by atoms with van der Waals surface area (Å²) in [7, 11) is 2.09. The first-order valence-corrected chi connectivity index (χ1v) is 17.1. The number of piperazine rings is 2. The Morgan fingerprint density at radius 3 is 2.54 bits per heavy atom. The molecule has 2 saturated heterocycles. The first kappa shape index (κ1) is 31.9. The molecule has 2 amide bonds. The number of carbonyl (C=O) groups excluding carboxylic acids is 2. The average Bonchev–Trinajstić information content (AvgIpc) is 3.91. The summed E-state index contributed by atoms with van der Waals surface area (Å²) in [6.07, 6.45) is 3.69. The van der Waals surface area contributed by atoms with Crippen LogP contribution in [0, 0.1) is 18.9 Å². The largest absolute Gasteiger partial charge is 0.462 e. The molecule has 0 bridgehead atoms. The molecule has 4 aliphatic rings. The molecule has 3 fully saturated rings. The molecule has 7 rings (SSSR count). The molecule has 4 heterocycles. The van der Waals surface area contributed by atoms with Gasteiger partial charge >= 0.3 is 6.01 Å². The number of nitrogens with zero attached hydrogens (tertiary/aromatic N) is 8. The minimum absolute atomic E-state index is 0.155. The zero-order chi connectivity index (χ0) is 33.4.